The van der Waals surface area contributed by atoms with Crippen molar-refractivity contribution < 1.29 is 14.1 Å². The molecule has 1 N–H and O–H groups in total. The monoisotopic (exact) mass is 342 g/mol. The van der Waals surface area contributed by atoms with Crippen LogP contribution in [0.15, 0.2) is 34.9 Å². The number of piperidine rings is 1. The van der Waals surface area contributed by atoms with Crippen molar-refractivity contribution in [2.75, 3.05) is 13.1 Å². The smallest absolute Gasteiger partial charge is 0.249 e. The maximum Gasteiger partial charge on any atom is 0.249 e. The number of hydrogen-bond donors (Lipinski definition) is 1. The second kappa shape index (κ2) is 7.92. The predicted octanol–water partition coefficient (Wildman–Crippen LogP) is 1.79. The van der Waals surface area contributed by atoms with Crippen LogP contribution >= 0.6 is 0 Å². The minimum atomic E-state index is -0.695. The summed E-state index contributed by atoms with van der Waals surface area (Å²) in [6.07, 6.45) is 3.13. The van der Waals surface area contributed by atoms with Gasteiger partial charge in [-0.3, -0.25) is 9.59 Å². The van der Waals surface area contributed by atoms with Crippen LogP contribution in [0.5, 0.6) is 0 Å². The van der Waals surface area contributed by atoms with Crippen LogP contribution in [-0.4, -0.2) is 39.9 Å². The highest BCUT2D eigenvalue weighted by Crippen LogP contribution is 2.19. The number of hydrogen-bond acceptors (Lipinski definition) is 5. The van der Waals surface area contributed by atoms with Crippen LogP contribution in [0.3, 0.4) is 0 Å². The third kappa shape index (κ3) is 4.43. The molecule has 7 nitrogen and oxygen atoms in total. The van der Waals surface area contributed by atoms with Gasteiger partial charge in [0.15, 0.2) is 5.82 Å². The predicted molar refractivity (Wildman–Crippen MR) is 90.5 cm³/mol. The average Bonchev–Trinajstić information content (AvgIpc) is 3.05. The summed E-state index contributed by atoms with van der Waals surface area (Å²) in [5.41, 5.74) is 0.774. The Morgan fingerprint density at radius 3 is 2.56 bits per heavy atom. The molecule has 1 unspecified atom stereocenters. The zero-order valence-corrected chi connectivity index (χ0v) is 14.3. The zero-order valence-electron chi connectivity index (χ0n) is 14.3. The molecule has 25 heavy (non-hydrogen) atoms. The molecule has 2 aromatic rings. The number of carbonyl (C=O) groups is 2. The van der Waals surface area contributed by atoms with Crippen molar-refractivity contribution in [3.05, 3.63) is 47.6 Å². The molecule has 1 aliphatic rings. The Bertz CT molecular complexity index is 723. The maximum absolute atomic E-state index is 13.0. The van der Waals surface area contributed by atoms with Crippen LogP contribution in [-0.2, 0) is 16.0 Å². The standard InChI is InChI=1S/C18H22N4O3/c1-13-19-15(21-25-13)12-16(23)20-17(14-8-4-2-5-9-14)18(24)22-10-6-3-7-11-22/h2,4-5,8-9,17H,3,6-7,10-12H2,1H3,(H,20,23). The molecule has 0 aliphatic carbocycles. The van der Waals surface area contributed by atoms with Crippen LogP contribution in [0.1, 0.15) is 42.6 Å². The van der Waals surface area contributed by atoms with Crippen molar-refractivity contribution in [3.8, 4) is 0 Å². The van der Waals surface area contributed by atoms with Gasteiger partial charge in [0.25, 0.3) is 0 Å². The van der Waals surface area contributed by atoms with E-state index in [0.29, 0.717) is 11.7 Å². The van der Waals surface area contributed by atoms with Crippen molar-refractivity contribution in [3.63, 3.8) is 0 Å². The lowest BCUT2D eigenvalue weighted by molar-refractivity contribution is -0.137. The molecule has 1 aromatic heterocycles. The number of rotatable bonds is 5. The molecular weight excluding hydrogens is 320 g/mol. The van der Waals surface area contributed by atoms with E-state index in [2.05, 4.69) is 15.5 Å². The Labute approximate surface area is 146 Å². The fraction of sp³-hybridized carbons (Fsp3) is 0.444. The molecule has 0 spiro atoms. The molecule has 7 heteroatoms. The van der Waals surface area contributed by atoms with Gasteiger partial charge >= 0.3 is 0 Å². The lowest BCUT2D eigenvalue weighted by Gasteiger charge is -2.31. The van der Waals surface area contributed by atoms with Gasteiger partial charge in [-0.05, 0) is 24.8 Å². The van der Waals surface area contributed by atoms with Crippen LogP contribution in [0.25, 0.3) is 0 Å². The normalized spacial score (nSPS) is 15.6. The van der Waals surface area contributed by atoms with E-state index in [4.69, 9.17) is 4.52 Å². The first-order chi connectivity index (χ1) is 12.1. The second-order valence-corrected chi connectivity index (χ2v) is 6.20. The summed E-state index contributed by atoms with van der Waals surface area (Å²) in [5, 5.41) is 6.56. The lowest BCUT2D eigenvalue weighted by Crippen LogP contribution is -2.45. The minimum absolute atomic E-state index is 0.0199. The summed E-state index contributed by atoms with van der Waals surface area (Å²) < 4.78 is 4.88. The fourth-order valence-electron chi connectivity index (χ4n) is 3.00. The lowest BCUT2D eigenvalue weighted by atomic mass is 10.0. The van der Waals surface area contributed by atoms with Crippen LogP contribution in [0.2, 0.25) is 0 Å². The van der Waals surface area contributed by atoms with Crippen LogP contribution < -0.4 is 5.32 Å². The largest absolute Gasteiger partial charge is 0.341 e. The summed E-state index contributed by atoms with van der Waals surface area (Å²) >= 11 is 0. The quantitative estimate of drug-likeness (QED) is 0.895. The first-order valence-electron chi connectivity index (χ1n) is 8.56. The number of amides is 2. The van der Waals surface area contributed by atoms with E-state index in [1.54, 1.807) is 6.92 Å². The summed E-state index contributed by atoms with van der Waals surface area (Å²) in [6, 6.07) is 8.62. The summed E-state index contributed by atoms with van der Waals surface area (Å²) in [6.45, 7) is 3.14. The number of nitrogens with zero attached hydrogens (tertiary/aromatic N) is 3. The van der Waals surface area contributed by atoms with E-state index in [0.717, 1.165) is 37.9 Å². The molecule has 1 atom stereocenters. The Hall–Kier alpha value is -2.70. The highest BCUT2D eigenvalue weighted by molar-refractivity contribution is 5.89. The Morgan fingerprint density at radius 2 is 1.92 bits per heavy atom. The molecule has 1 aliphatic heterocycles. The topological polar surface area (TPSA) is 88.3 Å². The third-order valence-corrected chi connectivity index (χ3v) is 4.24. The molecule has 0 radical (unpaired) electrons. The molecular formula is C18H22N4O3. The van der Waals surface area contributed by atoms with Gasteiger partial charge in [0, 0.05) is 20.0 Å². The van der Waals surface area contributed by atoms with E-state index in [1.165, 1.54) is 0 Å². The van der Waals surface area contributed by atoms with Gasteiger partial charge in [-0.1, -0.05) is 35.5 Å². The molecule has 1 saturated heterocycles. The molecule has 2 heterocycles. The number of nitrogens with one attached hydrogen (secondary N) is 1. The number of carbonyl (C=O) groups excluding carboxylic acids is 2. The van der Waals surface area contributed by atoms with E-state index < -0.39 is 6.04 Å². The summed E-state index contributed by atoms with van der Waals surface area (Å²) in [7, 11) is 0. The molecule has 1 aromatic carbocycles. The van der Waals surface area contributed by atoms with Gasteiger partial charge in [0.2, 0.25) is 17.7 Å². The van der Waals surface area contributed by atoms with Crippen LogP contribution in [0.4, 0.5) is 0 Å². The van der Waals surface area contributed by atoms with Crippen molar-refractivity contribution >= 4 is 11.8 Å². The van der Waals surface area contributed by atoms with Gasteiger partial charge < -0.3 is 14.7 Å². The number of benzene rings is 1. The van der Waals surface area contributed by atoms with E-state index in [9.17, 15) is 9.59 Å². The maximum atomic E-state index is 13.0. The molecule has 1 fully saturated rings. The SMILES string of the molecule is Cc1nc(CC(=O)NC(C(=O)N2CCCCC2)c2ccccc2)no1. The molecule has 3 rings (SSSR count). The van der Waals surface area contributed by atoms with Gasteiger partial charge in [-0.25, -0.2) is 0 Å². The Morgan fingerprint density at radius 1 is 1.20 bits per heavy atom. The number of aromatic nitrogens is 2. The average molecular weight is 342 g/mol. The molecule has 0 bridgehead atoms. The fourth-order valence-corrected chi connectivity index (χ4v) is 3.00. The second-order valence-electron chi connectivity index (χ2n) is 6.20. The number of aryl methyl sites for hydroxylation is 1. The van der Waals surface area contributed by atoms with Crippen molar-refractivity contribution in [1.29, 1.82) is 0 Å². The highest BCUT2D eigenvalue weighted by atomic mass is 16.5. The van der Waals surface area contributed by atoms with Gasteiger partial charge in [0.1, 0.15) is 6.04 Å². The highest BCUT2D eigenvalue weighted by Gasteiger charge is 2.28. The summed E-state index contributed by atoms with van der Waals surface area (Å²) in [4.78, 5) is 31.2. The van der Waals surface area contributed by atoms with Gasteiger partial charge in [-0.2, -0.15) is 4.98 Å². The minimum Gasteiger partial charge on any atom is -0.341 e. The molecule has 132 valence electrons. The van der Waals surface area contributed by atoms with Crippen LogP contribution in [0, 0.1) is 6.92 Å². The number of likely N-dealkylation sites (tertiary alicyclic amines) is 1. The Balaban J connectivity index is 1.74. The molecule has 2 amide bonds. The van der Waals surface area contributed by atoms with E-state index in [1.807, 2.05) is 35.2 Å². The first kappa shape index (κ1) is 17.1. The van der Waals surface area contributed by atoms with Crippen molar-refractivity contribution in [2.24, 2.45) is 0 Å². The van der Waals surface area contributed by atoms with Gasteiger partial charge in [0.05, 0.1) is 6.42 Å². The van der Waals surface area contributed by atoms with Crippen molar-refractivity contribution in [2.45, 2.75) is 38.6 Å². The van der Waals surface area contributed by atoms with E-state index in [-0.39, 0.29) is 18.2 Å². The summed E-state index contributed by atoms with van der Waals surface area (Å²) in [5.74, 6) is 0.350. The molecule has 0 saturated carbocycles. The van der Waals surface area contributed by atoms with E-state index >= 15 is 0 Å². The van der Waals surface area contributed by atoms with Gasteiger partial charge in [-0.15, -0.1) is 0 Å². The third-order valence-electron chi connectivity index (χ3n) is 4.24. The Kier molecular flexibility index (Phi) is 5.42. The zero-order chi connectivity index (χ0) is 17.6. The van der Waals surface area contributed by atoms with Crippen molar-refractivity contribution in [1.82, 2.24) is 20.4 Å². The first-order valence-corrected chi connectivity index (χ1v) is 8.56.